The van der Waals surface area contributed by atoms with Crippen molar-refractivity contribution >= 4 is 34.3 Å². The van der Waals surface area contributed by atoms with Crippen LogP contribution in [-0.2, 0) is 0 Å². The third-order valence-corrected chi connectivity index (χ3v) is 3.24. The van der Waals surface area contributed by atoms with Gasteiger partial charge < -0.3 is 4.74 Å². The number of amides is 1. The molecule has 0 aliphatic heterocycles. The molecule has 1 amide bonds. The van der Waals surface area contributed by atoms with Crippen LogP contribution in [0, 0.1) is 0 Å². The Morgan fingerprint density at radius 3 is 2.67 bits per heavy atom. The predicted octanol–water partition coefficient (Wildman–Crippen LogP) is 4.50. The summed E-state index contributed by atoms with van der Waals surface area (Å²) >= 11 is 6.11. The van der Waals surface area contributed by atoms with Crippen molar-refractivity contribution in [2.75, 3.05) is 5.32 Å². The van der Waals surface area contributed by atoms with Gasteiger partial charge in [0.15, 0.2) is 0 Å². The maximum Gasteiger partial charge on any atom is 0.417 e. The van der Waals surface area contributed by atoms with Crippen LogP contribution in [0.2, 0.25) is 5.02 Å². The molecule has 1 N–H and O–H groups in total. The van der Waals surface area contributed by atoms with Crippen molar-refractivity contribution in [2.45, 2.75) is 0 Å². The van der Waals surface area contributed by atoms with Crippen LogP contribution in [0.15, 0.2) is 60.8 Å². The van der Waals surface area contributed by atoms with Gasteiger partial charge in [0.2, 0.25) is 0 Å². The molecule has 0 saturated carbocycles. The van der Waals surface area contributed by atoms with E-state index in [-0.39, 0.29) is 0 Å². The van der Waals surface area contributed by atoms with Crippen molar-refractivity contribution in [3.05, 3.63) is 65.8 Å². The average Bonchev–Trinajstić information content (AvgIpc) is 2.51. The maximum absolute atomic E-state index is 11.9. The van der Waals surface area contributed by atoms with Crippen LogP contribution in [0.25, 0.3) is 10.9 Å². The van der Waals surface area contributed by atoms with Crippen LogP contribution in [0.1, 0.15) is 0 Å². The summed E-state index contributed by atoms with van der Waals surface area (Å²) in [6.07, 6.45) is 1.07. The van der Waals surface area contributed by atoms with E-state index in [0.29, 0.717) is 22.0 Å². The molecule has 21 heavy (non-hydrogen) atoms. The Labute approximate surface area is 126 Å². The number of nitrogens with one attached hydrogen (secondary N) is 1. The first-order valence-electron chi connectivity index (χ1n) is 6.31. The van der Waals surface area contributed by atoms with Crippen LogP contribution < -0.4 is 10.1 Å². The molecule has 0 radical (unpaired) electrons. The second-order valence-electron chi connectivity index (χ2n) is 4.32. The fourth-order valence-electron chi connectivity index (χ4n) is 1.97. The summed E-state index contributed by atoms with van der Waals surface area (Å²) in [6, 6.07) is 15.9. The molecular weight excluding hydrogens is 288 g/mol. The Hall–Kier alpha value is -2.59. The smallest absolute Gasteiger partial charge is 0.410 e. The number of ether oxygens (including phenoxy) is 1. The maximum atomic E-state index is 11.9. The van der Waals surface area contributed by atoms with Gasteiger partial charge in [0, 0.05) is 11.6 Å². The number of fused-ring (bicyclic) bond motifs is 1. The van der Waals surface area contributed by atoms with Gasteiger partial charge in [-0.15, -0.1) is 0 Å². The van der Waals surface area contributed by atoms with Gasteiger partial charge in [-0.2, -0.15) is 0 Å². The average molecular weight is 299 g/mol. The highest BCUT2D eigenvalue weighted by molar-refractivity contribution is 6.35. The van der Waals surface area contributed by atoms with E-state index in [0.717, 1.165) is 5.39 Å². The molecule has 2 aromatic carbocycles. The van der Waals surface area contributed by atoms with Crippen molar-refractivity contribution in [1.82, 2.24) is 4.98 Å². The van der Waals surface area contributed by atoms with Gasteiger partial charge in [-0.1, -0.05) is 29.8 Å². The molecule has 0 bridgehead atoms. The largest absolute Gasteiger partial charge is 0.417 e. The fraction of sp³-hybridized carbons (Fsp3) is 0. The highest BCUT2D eigenvalue weighted by Crippen LogP contribution is 2.28. The SMILES string of the molecule is O=C(Nc1ccc(Cl)c2cccnc12)Oc1ccccc1. The van der Waals surface area contributed by atoms with Gasteiger partial charge in [0.05, 0.1) is 16.2 Å². The number of pyridine rings is 1. The van der Waals surface area contributed by atoms with Gasteiger partial charge in [-0.05, 0) is 36.4 Å². The van der Waals surface area contributed by atoms with Gasteiger partial charge >= 0.3 is 6.09 Å². The number of aromatic nitrogens is 1. The second kappa shape index (κ2) is 5.81. The summed E-state index contributed by atoms with van der Waals surface area (Å²) < 4.78 is 5.19. The lowest BCUT2D eigenvalue weighted by molar-refractivity contribution is 0.215. The quantitative estimate of drug-likeness (QED) is 0.758. The Kier molecular flexibility index (Phi) is 3.71. The Morgan fingerprint density at radius 1 is 1.05 bits per heavy atom. The molecule has 0 unspecified atom stereocenters. The minimum atomic E-state index is -0.574. The highest BCUT2D eigenvalue weighted by Gasteiger charge is 2.10. The number of benzene rings is 2. The summed E-state index contributed by atoms with van der Waals surface area (Å²) in [4.78, 5) is 16.2. The van der Waals surface area contributed by atoms with Crippen LogP contribution in [0.5, 0.6) is 5.75 Å². The third kappa shape index (κ3) is 2.95. The molecule has 3 rings (SSSR count). The molecule has 1 heterocycles. The summed E-state index contributed by atoms with van der Waals surface area (Å²) in [5, 5.41) is 4.04. The summed E-state index contributed by atoms with van der Waals surface area (Å²) in [7, 11) is 0. The molecule has 3 aromatic rings. The van der Waals surface area contributed by atoms with Crippen LogP contribution >= 0.6 is 11.6 Å². The summed E-state index contributed by atoms with van der Waals surface area (Å²) in [5.74, 6) is 0.473. The van der Waals surface area contributed by atoms with E-state index in [1.165, 1.54) is 0 Å². The molecule has 0 atom stereocenters. The zero-order chi connectivity index (χ0) is 14.7. The lowest BCUT2D eigenvalue weighted by atomic mass is 10.2. The monoisotopic (exact) mass is 298 g/mol. The fourth-order valence-corrected chi connectivity index (χ4v) is 2.19. The van der Waals surface area contributed by atoms with Gasteiger partial charge in [-0.25, -0.2) is 4.79 Å². The van der Waals surface area contributed by atoms with E-state index in [1.807, 2.05) is 12.1 Å². The minimum absolute atomic E-state index is 0.473. The van der Waals surface area contributed by atoms with Crippen molar-refractivity contribution in [3.63, 3.8) is 0 Å². The van der Waals surface area contributed by atoms with Gasteiger partial charge in [0.25, 0.3) is 0 Å². The third-order valence-electron chi connectivity index (χ3n) is 2.91. The van der Waals surface area contributed by atoms with Crippen molar-refractivity contribution < 1.29 is 9.53 Å². The zero-order valence-corrected chi connectivity index (χ0v) is 11.7. The second-order valence-corrected chi connectivity index (χ2v) is 4.73. The Morgan fingerprint density at radius 2 is 1.86 bits per heavy atom. The van der Waals surface area contributed by atoms with Crippen LogP contribution in [0.4, 0.5) is 10.5 Å². The first-order chi connectivity index (χ1) is 10.2. The molecule has 1 aromatic heterocycles. The molecular formula is C16H11ClN2O2. The molecule has 0 spiro atoms. The molecule has 0 aliphatic carbocycles. The van der Waals surface area contributed by atoms with E-state index >= 15 is 0 Å². The lowest BCUT2D eigenvalue weighted by Gasteiger charge is -2.09. The number of carbonyl (C=O) groups is 1. The normalized spacial score (nSPS) is 10.3. The van der Waals surface area contributed by atoms with E-state index < -0.39 is 6.09 Å². The molecule has 0 saturated heterocycles. The summed E-state index contributed by atoms with van der Waals surface area (Å²) in [5.41, 5.74) is 1.17. The van der Waals surface area contributed by atoms with Crippen molar-refractivity contribution in [3.8, 4) is 5.75 Å². The Bertz CT molecular complexity index is 791. The standard InChI is InChI=1S/C16H11ClN2O2/c17-13-8-9-14(15-12(13)7-4-10-18-15)19-16(20)21-11-5-2-1-3-6-11/h1-10H,(H,19,20). The Balaban J connectivity index is 1.85. The molecule has 0 aliphatic rings. The molecule has 4 nitrogen and oxygen atoms in total. The summed E-state index contributed by atoms with van der Waals surface area (Å²) in [6.45, 7) is 0. The van der Waals surface area contributed by atoms with Gasteiger partial charge in [-0.3, -0.25) is 10.3 Å². The molecule has 104 valence electrons. The topological polar surface area (TPSA) is 51.2 Å². The number of nitrogens with zero attached hydrogens (tertiary/aromatic N) is 1. The number of hydrogen-bond acceptors (Lipinski definition) is 3. The minimum Gasteiger partial charge on any atom is -0.410 e. The van der Waals surface area contributed by atoms with E-state index in [9.17, 15) is 4.79 Å². The van der Waals surface area contributed by atoms with E-state index in [4.69, 9.17) is 16.3 Å². The first kappa shape index (κ1) is 13.4. The molecule has 0 fully saturated rings. The first-order valence-corrected chi connectivity index (χ1v) is 6.69. The number of carbonyl (C=O) groups excluding carboxylic acids is 1. The van der Waals surface area contributed by atoms with Crippen LogP contribution in [0.3, 0.4) is 0 Å². The highest BCUT2D eigenvalue weighted by atomic mass is 35.5. The number of halogens is 1. The van der Waals surface area contributed by atoms with Crippen molar-refractivity contribution in [2.24, 2.45) is 0 Å². The predicted molar refractivity (Wildman–Crippen MR) is 82.8 cm³/mol. The van der Waals surface area contributed by atoms with E-state index in [1.54, 1.807) is 48.7 Å². The van der Waals surface area contributed by atoms with Crippen LogP contribution in [-0.4, -0.2) is 11.1 Å². The van der Waals surface area contributed by atoms with Gasteiger partial charge in [0.1, 0.15) is 5.75 Å². The van der Waals surface area contributed by atoms with Crippen molar-refractivity contribution in [1.29, 1.82) is 0 Å². The number of rotatable bonds is 2. The number of hydrogen-bond donors (Lipinski definition) is 1. The number of para-hydroxylation sites is 1. The van der Waals surface area contributed by atoms with E-state index in [2.05, 4.69) is 10.3 Å². The zero-order valence-electron chi connectivity index (χ0n) is 10.9. The molecule has 5 heteroatoms. The number of anilines is 1. The lowest BCUT2D eigenvalue weighted by Crippen LogP contribution is -2.17.